The predicted octanol–water partition coefficient (Wildman–Crippen LogP) is 2.62. The van der Waals surface area contributed by atoms with E-state index in [9.17, 15) is 0 Å². The van der Waals surface area contributed by atoms with E-state index in [1.807, 2.05) is 28.9 Å². The summed E-state index contributed by atoms with van der Waals surface area (Å²) in [6, 6.07) is 6.32. The molecule has 0 unspecified atom stereocenters. The standard InChI is InChI=1S/C19H29N5S/c20-7-4-17-5-9-23(10-6-17)12-13-25-15-19-3-1-2-18(22-19)14-24-11-8-21-16-24/h1-3,8,11,16-17H,4-7,9-10,12-15,20H2. The van der Waals surface area contributed by atoms with Gasteiger partial charge in [0.15, 0.2) is 0 Å². The van der Waals surface area contributed by atoms with Crippen molar-refractivity contribution in [1.82, 2.24) is 19.4 Å². The molecule has 1 saturated heterocycles. The highest BCUT2D eigenvalue weighted by Gasteiger charge is 2.17. The Morgan fingerprint density at radius 3 is 2.80 bits per heavy atom. The Bertz CT molecular complexity index is 608. The number of nitrogens with two attached hydrogens (primary N) is 1. The van der Waals surface area contributed by atoms with Crippen LogP contribution in [0.2, 0.25) is 0 Å². The van der Waals surface area contributed by atoms with E-state index >= 15 is 0 Å². The summed E-state index contributed by atoms with van der Waals surface area (Å²) in [5.41, 5.74) is 7.93. The Morgan fingerprint density at radius 1 is 1.20 bits per heavy atom. The molecule has 3 rings (SSSR count). The quantitative estimate of drug-likeness (QED) is 0.698. The van der Waals surface area contributed by atoms with E-state index in [0.717, 1.165) is 30.5 Å². The molecule has 1 fully saturated rings. The van der Waals surface area contributed by atoms with Crippen molar-refractivity contribution in [3.05, 3.63) is 48.3 Å². The van der Waals surface area contributed by atoms with E-state index in [-0.39, 0.29) is 0 Å². The number of aromatic nitrogens is 3. The SMILES string of the molecule is NCCC1CCN(CCSCc2cccc(Cn3ccnc3)n2)CC1. The van der Waals surface area contributed by atoms with Crippen LogP contribution in [-0.2, 0) is 12.3 Å². The van der Waals surface area contributed by atoms with Gasteiger partial charge in [-0.2, -0.15) is 11.8 Å². The van der Waals surface area contributed by atoms with Gasteiger partial charge in [-0.25, -0.2) is 4.98 Å². The largest absolute Gasteiger partial charge is 0.331 e. The fourth-order valence-corrected chi connectivity index (χ4v) is 4.27. The number of imidazole rings is 1. The molecule has 0 aliphatic carbocycles. The summed E-state index contributed by atoms with van der Waals surface area (Å²) in [6.07, 6.45) is 9.45. The van der Waals surface area contributed by atoms with Gasteiger partial charge in [0.25, 0.3) is 0 Å². The second kappa shape index (κ2) is 9.94. The maximum Gasteiger partial charge on any atom is 0.0949 e. The van der Waals surface area contributed by atoms with Gasteiger partial charge in [-0.15, -0.1) is 0 Å². The number of rotatable bonds is 9. The average Bonchev–Trinajstić information content (AvgIpc) is 3.14. The molecule has 0 amide bonds. The van der Waals surface area contributed by atoms with Gasteiger partial charge in [0, 0.05) is 30.4 Å². The highest BCUT2D eigenvalue weighted by Crippen LogP contribution is 2.20. The minimum absolute atomic E-state index is 0.788. The van der Waals surface area contributed by atoms with Gasteiger partial charge in [0.1, 0.15) is 0 Å². The summed E-state index contributed by atoms with van der Waals surface area (Å²) in [5.74, 6) is 3.02. The topological polar surface area (TPSA) is 60.0 Å². The van der Waals surface area contributed by atoms with E-state index in [2.05, 4.69) is 28.1 Å². The van der Waals surface area contributed by atoms with Crippen molar-refractivity contribution in [3.8, 4) is 0 Å². The molecular formula is C19H29N5S. The van der Waals surface area contributed by atoms with Crippen LogP contribution < -0.4 is 5.73 Å². The van der Waals surface area contributed by atoms with Crippen molar-refractivity contribution in [2.24, 2.45) is 11.7 Å². The number of piperidine rings is 1. The van der Waals surface area contributed by atoms with Crippen LogP contribution in [0.15, 0.2) is 36.9 Å². The summed E-state index contributed by atoms with van der Waals surface area (Å²) >= 11 is 1.98. The minimum Gasteiger partial charge on any atom is -0.331 e. The summed E-state index contributed by atoms with van der Waals surface area (Å²) in [7, 11) is 0. The highest BCUT2D eigenvalue weighted by atomic mass is 32.2. The lowest BCUT2D eigenvalue weighted by Gasteiger charge is -2.31. The third-order valence-electron chi connectivity index (χ3n) is 4.85. The van der Waals surface area contributed by atoms with Crippen LogP contribution in [0.25, 0.3) is 0 Å². The Labute approximate surface area is 155 Å². The average molecular weight is 360 g/mol. The second-order valence-electron chi connectivity index (χ2n) is 6.77. The molecule has 0 radical (unpaired) electrons. The lowest BCUT2D eigenvalue weighted by molar-refractivity contribution is 0.189. The number of thioether (sulfide) groups is 1. The van der Waals surface area contributed by atoms with Crippen molar-refractivity contribution in [3.63, 3.8) is 0 Å². The van der Waals surface area contributed by atoms with Gasteiger partial charge in [-0.1, -0.05) is 6.07 Å². The molecule has 0 saturated carbocycles. The van der Waals surface area contributed by atoms with Crippen molar-refractivity contribution in [2.45, 2.75) is 31.6 Å². The third kappa shape index (κ3) is 6.13. The molecule has 3 heterocycles. The monoisotopic (exact) mass is 359 g/mol. The van der Waals surface area contributed by atoms with E-state index in [1.165, 1.54) is 50.3 Å². The molecule has 2 aromatic rings. The van der Waals surface area contributed by atoms with E-state index in [4.69, 9.17) is 10.7 Å². The van der Waals surface area contributed by atoms with Crippen LogP contribution in [0.1, 0.15) is 30.7 Å². The van der Waals surface area contributed by atoms with E-state index < -0.39 is 0 Å². The second-order valence-corrected chi connectivity index (χ2v) is 7.88. The number of pyridine rings is 1. The van der Waals surface area contributed by atoms with Crippen molar-refractivity contribution < 1.29 is 0 Å². The van der Waals surface area contributed by atoms with Crippen LogP contribution in [0.5, 0.6) is 0 Å². The molecule has 0 spiro atoms. The first kappa shape index (κ1) is 18.4. The van der Waals surface area contributed by atoms with Gasteiger partial charge in [-0.05, 0) is 56.9 Å². The van der Waals surface area contributed by atoms with Crippen LogP contribution in [0, 0.1) is 5.92 Å². The van der Waals surface area contributed by atoms with Gasteiger partial charge >= 0.3 is 0 Å². The third-order valence-corrected chi connectivity index (χ3v) is 5.82. The predicted molar refractivity (Wildman–Crippen MR) is 105 cm³/mol. The highest BCUT2D eigenvalue weighted by molar-refractivity contribution is 7.98. The van der Waals surface area contributed by atoms with Crippen LogP contribution >= 0.6 is 11.8 Å². The first-order chi connectivity index (χ1) is 12.3. The summed E-state index contributed by atoms with van der Waals surface area (Å²) < 4.78 is 2.05. The molecule has 1 aliphatic rings. The van der Waals surface area contributed by atoms with Crippen molar-refractivity contribution in [1.29, 1.82) is 0 Å². The molecule has 2 N–H and O–H groups in total. The smallest absolute Gasteiger partial charge is 0.0949 e. The lowest BCUT2D eigenvalue weighted by atomic mass is 9.94. The Kier molecular flexibility index (Phi) is 7.33. The molecular weight excluding hydrogens is 330 g/mol. The first-order valence-electron chi connectivity index (χ1n) is 9.24. The van der Waals surface area contributed by atoms with Gasteiger partial charge in [-0.3, -0.25) is 4.98 Å². The molecule has 1 aliphatic heterocycles. The normalized spacial score (nSPS) is 16.4. The van der Waals surface area contributed by atoms with Crippen LogP contribution in [0.3, 0.4) is 0 Å². The molecule has 136 valence electrons. The van der Waals surface area contributed by atoms with Gasteiger partial charge < -0.3 is 15.2 Å². The minimum atomic E-state index is 0.788. The lowest BCUT2D eigenvalue weighted by Crippen LogP contribution is -2.35. The summed E-state index contributed by atoms with van der Waals surface area (Å²) in [5, 5.41) is 0. The van der Waals surface area contributed by atoms with E-state index in [1.54, 1.807) is 6.20 Å². The van der Waals surface area contributed by atoms with Crippen LogP contribution in [-0.4, -0.2) is 51.4 Å². The molecule has 25 heavy (non-hydrogen) atoms. The summed E-state index contributed by atoms with van der Waals surface area (Å²) in [4.78, 5) is 11.4. The molecule has 0 atom stereocenters. The molecule has 0 aromatic carbocycles. The number of likely N-dealkylation sites (tertiary alicyclic amines) is 1. The zero-order chi connectivity index (χ0) is 17.3. The molecule has 6 heteroatoms. The maximum absolute atomic E-state index is 5.67. The molecule has 5 nitrogen and oxygen atoms in total. The Hall–Kier alpha value is -1.37. The number of hydrogen-bond donors (Lipinski definition) is 1. The van der Waals surface area contributed by atoms with Crippen molar-refractivity contribution in [2.75, 3.05) is 31.9 Å². The Morgan fingerprint density at radius 2 is 2.04 bits per heavy atom. The first-order valence-corrected chi connectivity index (χ1v) is 10.4. The fourth-order valence-electron chi connectivity index (χ4n) is 3.37. The molecule has 0 bridgehead atoms. The van der Waals surface area contributed by atoms with Gasteiger partial charge in [0.05, 0.1) is 24.3 Å². The van der Waals surface area contributed by atoms with Crippen LogP contribution in [0.4, 0.5) is 0 Å². The molecule has 2 aromatic heterocycles. The fraction of sp³-hybridized carbons (Fsp3) is 0.579. The zero-order valence-corrected chi connectivity index (χ0v) is 15.7. The number of nitrogens with zero attached hydrogens (tertiary/aromatic N) is 4. The van der Waals surface area contributed by atoms with Gasteiger partial charge in [0.2, 0.25) is 0 Å². The summed E-state index contributed by atoms with van der Waals surface area (Å²) in [6.45, 7) is 5.30. The van der Waals surface area contributed by atoms with E-state index in [0.29, 0.717) is 0 Å². The Balaban J connectivity index is 1.35. The van der Waals surface area contributed by atoms with Crippen molar-refractivity contribution >= 4 is 11.8 Å². The zero-order valence-electron chi connectivity index (χ0n) is 14.9. The number of hydrogen-bond acceptors (Lipinski definition) is 5. The maximum atomic E-state index is 5.67.